The van der Waals surface area contributed by atoms with Crippen molar-refractivity contribution in [3.63, 3.8) is 0 Å². The number of benzene rings is 1. The van der Waals surface area contributed by atoms with Crippen LogP contribution >= 0.6 is 0 Å². The quantitative estimate of drug-likeness (QED) is 0.897. The van der Waals surface area contributed by atoms with Crippen molar-refractivity contribution < 1.29 is 14.0 Å². The Hall–Kier alpha value is -2.12. The molecular formula is C16H22N4O3. The number of ether oxygens (including phenoxy) is 2. The molecule has 3 rings (SSSR count). The highest BCUT2D eigenvalue weighted by Gasteiger charge is 2.23. The minimum Gasteiger partial charge on any atom is -0.493 e. The standard InChI is InChI=1S/C16H22N4O3/c1-20-8-6-11(7-9-20)22-15-12(4-3-5-13(15)21-2)16-18-14(10-17)23-19-16/h3-5,11H,6-10,17H2,1-2H3. The molecule has 0 aliphatic carbocycles. The van der Waals surface area contributed by atoms with Gasteiger partial charge in [0.1, 0.15) is 6.10 Å². The van der Waals surface area contributed by atoms with Crippen molar-refractivity contribution in [2.45, 2.75) is 25.5 Å². The molecule has 0 unspecified atom stereocenters. The van der Waals surface area contributed by atoms with Crippen LogP contribution in [0.4, 0.5) is 0 Å². The van der Waals surface area contributed by atoms with Crippen LogP contribution < -0.4 is 15.2 Å². The first-order valence-corrected chi connectivity index (χ1v) is 7.76. The van der Waals surface area contributed by atoms with Crippen molar-refractivity contribution in [1.82, 2.24) is 15.0 Å². The summed E-state index contributed by atoms with van der Waals surface area (Å²) >= 11 is 0. The molecule has 0 amide bonds. The number of nitrogens with zero attached hydrogens (tertiary/aromatic N) is 3. The fraction of sp³-hybridized carbons (Fsp3) is 0.500. The number of hydrogen-bond acceptors (Lipinski definition) is 7. The lowest BCUT2D eigenvalue weighted by atomic mass is 10.1. The van der Waals surface area contributed by atoms with E-state index in [1.165, 1.54) is 0 Å². The Labute approximate surface area is 135 Å². The summed E-state index contributed by atoms with van der Waals surface area (Å²) in [5, 5.41) is 3.99. The van der Waals surface area contributed by atoms with Crippen molar-refractivity contribution >= 4 is 0 Å². The third-order valence-electron chi connectivity index (χ3n) is 4.03. The number of piperidine rings is 1. The maximum absolute atomic E-state index is 6.25. The average Bonchev–Trinajstić information content (AvgIpc) is 3.06. The molecule has 7 nitrogen and oxygen atoms in total. The molecule has 7 heteroatoms. The van der Waals surface area contributed by atoms with Gasteiger partial charge in [0.15, 0.2) is 11.5 Å². The van der Waals surface area contributed by atoms with Crippen LogP contribution in [0, 0.1) is 0 Å². The normalized spacial score (nSPS) is 16.5. The maximum Gasteiger partial charge on any atom is 0.240 e. The number of hydrogen-bond donors (Lipinski definition) is 1. The van der Waals surface area contributed by atoms with Crippen LogP contribution in [0.25, 0.3) is 11.4 Å². The Kier molecular flexibility index (Phi) is 4.78. The largest absolute Gasteiger partial charge is 0.493 e. The summed E-state index contributed by atoms with van der Waals surface area (Å²) in [6.07, 6.45) is 2.12. The van der Waals surface area contributed by atoms with Gasteiger partial charge in [-0.2, -0.15) is 4.98 Å². The predicted octanol–water partition coefficient (Wildman–Crippen LogP) is 1.68. The van der Waals surface area contributed by atoms with Gasteiger partial charge in [-0.05, 0) is 32.0 Å². The molecule has 1 aliphatic heterocycles. The second-order valence-electron chi connectivity index (χ2n) is 5.67. The van der Waals surface area contributed by atoms with E-state index in [1.54, 1.807) is 7.11 Å². The van der Waals surface area contributed by atoms with E-state index < -0.39 is 0 Å². The third kappa shape index (κ3) is 3.46. The van der Waals surface area contributed by atoms with Gasteiger partial charge in [0.2, 0.25) is 11.7 Å². The van der Waals surface area contributed by atoms with Crippen molar-refractivity contribution in [2.24, 2.45) is 5.73 Å². The first-order chi connectivity index (χ1) is 11.2. The minimum atomic E-state index is 0.155. The van der Waals surface area contributed by atoms with Crippen molar-refractivity contribution in [1.29, 1.82) is 0 Å². The molecule has 0 spiro atoms. The molecule has 1 aliphatic rings. The van der Waals surface area contributed by atoms with Crippen LogP contribution in [0.2, 0.25) is 0 Å². The summed E-state index contributed by atoms with van der Waals surface area (Å²) in [5.41, 5.74) is 6.30. The highest BCUT2D eigenvalue weighted by Crippen LogP contribution is 2.38. The molecule has 0 bridgehead atoms. The van der Waals surface area contributed by atoms with Gasteiger partial charge in [-0.3, -0.25) is 0 Å². The van der Waals surface area contributed by atoms with E-state index in [-0.39, 0.29) is 12.6 Å². The van der Waals surface area contributed by atoms with Gasteiger partial charge in [0, 0.05) is 13.1 Å². The van der Waals surface area contributed by atoms with E-state index in [0.717, 1.165) is 31.5 Å². The summed E-state index contributed by atoms with van der Waals surface area (Å²) in [4.78, 5) is 6.59. The van der Waals surface area contributed by atoms with Crippen molar-refractivity contribution in [3.8, 4) is 22.9 Å². The van der Waals surface area contributed by atoms with Gasteiger partial charge in [0.25, 0.3) is 0 Å². The Morgan fingerprint density at radius 3 is 2.78 bits per heavy atom. The first kappa shape index (κ1) is 15.8. The summed E-state index contributed by atoms with van der Waals surface area (Å²) in [7, 11) is 3.75. The van der Waals surface area contributed by atoms with Crippen LogP contribution in [0.15, 0.2) is 22.7 Å². The molecule has 2 N–H and O–H groups in total. The van der Waals surface area contributed by atoms with Gasteiger partial charge in [-0.15, -0.1) is 0 Å². The SMILES string of the molecule is COc1cccc(-c2noc(CN)n2)c1OC1CCN(C)CC1. The van der Waals surface area contributed by atoms with E-state index in [2.05, 4.69) is 22.1 Å². The molecule has 1 saturated heterocycles. The van der Waals surface area contributed by atoms with Crippen LogP contribution in [-0.2, 0) is 6.54 Å². The zero-order valence-electron chi connectivity index (χ0n) is 13.5. The summed E-state index contributed by atoms with van der Waals surface area (Å²) in [6, 6.07) is 5.66. The topological polar surface area (TPSA) is 86.6 Å². The Morgan fingerprint density at radius 1 is 1.35 bits per heavy atom. The fourth-order valence-electron chi connectivity index (χ4n) is 2.69. The molecule has 1 fully saturated rings. The monoisotopic (exact) mass is 318 g/mol. The smallest absolute Gasteiger partial charge is 0.240 e. The highest BCUT2D eigenvalue weighted by molar-refractivity contribution is 5.68. The molecule has 1 aromatic carbocycles. The Balaban J connectivity index is 1.90. The van der Waals surface area contributed by atoms with E-state index >= 15 is 0 Å². The second kappa shape index (κ2) is 6.97. The van der Waals surface area contributed by atoms with Gasteiger partial charge >= 0.3 is 0 Å². The Morgan fingerprint density at radius 2 is 2.13 bits per heavy atom. The van der Waals surface area contributed by atoms with Crippen LogP contribution in [0.5, 0.6) is 11.5 Å². The zero-order chi connectivity index (χ0) is 16.2. The molecule has 23 heavy (non-hydrogen) atoms. The number of nitrogens with two attached hydrogens (primary N) is 1. The lowest BCUT2D eigenvalue weighted by Gasteiger charge is -2.30. The second-order valence-corrected chi connectivity index (χ2v) is 5.67. The summed E-state index contributed by atoms with van der Waals surface area (Å²) < 4.78 is 16.8. The Bertz CT molecular complexity index is 651. The van der Waals surface area contributed by atoms with Crippen LogP contribution in [0.1, 0.15) is 18.7 Å². The lowest BCUT2D eigenvalue weighted by molar-refractivity contribution is 0.111. The molecular weight excluding hydrogens is 296 g/mol. The fourth-order valence-corrected chi connectivity index (χ4v) is 2.69. The first-order valence-electron chi connectivity index (χ1n) is 7.76. The minimum absolute atomic E-state index is 0.155. The molecule has 2 aromatic rings. The number of methoxy groups -OCH3 is 1. The van der Waals surface area contributed by atoms with Crippen LogP contribution in [0.3, 0.4) is 0 Å². The molecule has 1 aromatic heterocycles. The number of rotatable bonds is 5. The average molecular weight is 318 g/mol. The van der Waals surface area contributed by atoms with Gasteiger partial charge in [-0.1, -0.05) is 11.2 Å². The third-order valence-corrected chi connectivity index (χ3v) is 4.03. The highest BCUT2D eigenvalue weighted by atomic mass is 16.5. The molecule has 0 atom stereocenters. The van der Waals surface area contributed by atoms with Gasteiger partial charge < -0.3 is 24.6 Å². The van der Waals surface area contributed by atoms with E-state index in [1.807, 2.05) is 18.2 Å². The maximum atomic E-state index is 6.25. The number of aromatic nitrogens is 2. The molecule has 0 radical (unpaired) electrons. The zero-order valence-corrected chi connectivity index (χ0v) is 13.5. The lowest BCUT2D eigenvalue weighted by Crippen LogP contribution is -2.35. The molecule has 0 saturated carbocycles. The summed E-state index contributed by atoms with van der Waals surface area (Å²) in [6.45, 7) is 2.26. The predicted molar refractivity (Wildman–Crippen MR) is 85.3 cm³/mol. The van der Waals surface area contributed by atoms with Gasteiger partial charge in [-0.25, -0.2) is 0 Å². The van der Waals surface area contributed by atoms with Crippen LogP contribution in [-0.4, -0.2) is 48.4 Å². The molecule has 124 valence electrons. The van der Waals surface area contributed by atoms with Gasteiger partial charge in [0.05, 0.1) is 19.2 Å². The van der Waals surface area contributed by atoms with E-state index in [0.29, 0.717) is 23.2 Å². The number of likely N-dealkylation sites (tertiary alicyclic amines) is 1. The number of para-hydroxylation sites is 1. The van der Waals surface area contributed by atoms with E-state index in [9.17, 15) is 0 Å². The van der Waals surface area contributed by atoms with Crippen molar-refractivity contribution in [3.05, 3.63) is 24.1 Å². The molecule has 2 heterocycles. The summed E-state index contributed by atoms with van der Waals surface area (Å²) in [5.74, 6) is 2.19. The van der Waals surface area contributed by atoms with Crippen molar-refractivity contribution in [2.75, 3.05) is 27.2 Å². The van der Waals surface area contributed by atoms with E-state index in [4.69, 9.17) is 19.7 Å².